The highest BCUT2D eigenvalue weighted by Gasteiger charge is 2.25. The molecule has 0 bridgehead atoms. The molecule has 0 aliphatic rings. The lowest BCUT2D eigenvalue weighted by atomic mass is 10.3. The highest BCUT2D eigenvalue weighted by molar-refractivity contribution is 5.61. The first-order chi connectivity index (χ1) is 9.13. The number of tetrazole rings is 1. The molecule has 19 heavy (non-hydrogen) atoms. The fourth-order valence-corrected chi connectivity index (χ4v) is 1.40. The van der Waals surface area contributed by atoms with Crippen LogP contribution in [0.15, 0.2) is 6.33 Å². The zero-order valence-electron chi connectivity index (χ0n) is 10.1. The summed E-state index contributed by atoms with van der Waals surface area (Å²) in [6.45, 7) is 1.71. The summed E-state index contributed by atoms with van der Waals surface area (Å²) in [5, 5.41) is 27.1. The zero-order chi connectivity index (χ0) is 13.8. The van der Waals surface area contributed by atoms with Gasteiger partial charge in [0.15, 0.2) is 5.82 Å². The van der Waals surface area contributed by atoms with E-state index in [4.69, 9.17) is 4.74 Å². The van der Waals surface area contributed by atoms with Gasteiger partial charge < -0.3 is 10.1 Å². The van der Waals surface area contributed by atoms with Crippen molar-refractivity contribution in [2.75, 3.05) is 12.4 Å². The van der Waals surface area contributed by atoms with Gasteiger partial charge in [-0.3, -0.25) is 10.1 Å². The van der Waals surface area contributed by atoms with Crippen molar-refractivity contribution >= 4 is 11.5 Å². The molecule has 2 aromatic rings. The van der Waals surface area contributed by atoms with E-state index in [1.54, 1.807) is 6.92 Å². The number of aromatic amines is 1. The molecule has 11 heteroatoms. The molecular formula is C8H10N8O3. The summed E-state index contributed by atoms with van der Waals surface area (Å²) in [6, 6.07) is -0.419. The molecule has 1 atom stereocenters. The molecule has 0 spiro atoms. The van der Waals surface area contributed by atoms with Crippen LogP contribution in [-0.2, 0) is 0 Å². The van der Waals surface area contributed by atoms with Crippen molar-refractivity contribution in [3.63, 3.8) is 0 Å². The van der Waals surface area contributed by atoms with Crippen LogP contribution < -0.4 is 10.1 Å². The molecule has 0 radical (unpaired) electrons. The Morgan fingerprint density at radius 1 is 1.53 bits per heavy atom. The Labute approximate surface area is 106 Å². The van der Waals surface area contributed by atoms with Gasteiger partial charge in [-0.15, -0.1) is 10.2 Å². The molecule has 0 fully saturated rings. The molecule has 0 aliphatic heterocycles. The van der Waals surface area contributed by atoms with E-state index >= 15 is 0 Å². The van der Waals surface area contributed by atoms with Gasteiger partial charge in [0.1, 0.15) is 6.33 Å². The Hall–Kier alpha value is -2.85. The summed E-state index contributed by atoms with van der Waals surface area (Å²) in [5.74, 6) is 0.254. The van der Waals surface area contributed by atoms with Crippen LogP contribution in [0.25, 0.3) is 0 Å². The number of nitrogens with zero attached hydrogens (tertiary/aromatic N) is 6. The Morgan fingerprint density at radius 3 is 2.89 bits per heavy atom. The maximum absolute atomic E-state index is 11.0. The zero-order valence-corrected chi connectivity index (χ0v) is 10.1. The normalized spacial score (nSPS) is 11.9. The molecule has 0 aromatic carbocycles. The summed E-state index contributed by atoms with van der Waals surface area (Å²) >= 11 is 0. The van der Waals surface area contributed by atoms with Gasteiger partial charge >= 0.3 is 5.69 Å². The van der Waals surface area contributed by atoms with E-state index in [0.29, 0.717) is 5.82 Å². The second-order valence-electron chi connectivity index (χ2n) is 3.47. The summed E-state index contributed by atoms with van der Waals surface area (Å²) in [7, 11) is 1.29. The molecule has 0 amide bonds. The van der Waals surface area contributed by atoms with Crippen molar-refractivity contribution in [1.82, 2.24) is 30.6 Å². The van der Waals surface area contributed by atoms with Crippen LogP contribution in [0.4, 0.5) is 11.5 Å². The Kier molecular flexibility index (Phi) is 3.45. The summed E-state index contributed by atoms with van der Waals surface area (Å²) < 4.78 is 4.84. The number of hydrogen-bond acceptors (Lipinski definition) is 9. The van der Waals surface area contributed by atoms with Crippen molar-refractivity contribution < 1.29 is 9.66 Å². The second kappa shape index (κ2) is 5.20. The van der Waals surface area contributed by atoms with Gasteiger partial charge in [0.05, 0.1) is 18.1 Å². The molecule has 0 aliphatic carbocycles. The number of hydrogen-bond donors (Lipinski definition) is 2. The van der Waals surface area contributed by atoms with Crippen molar-refractivity contribution in [3.8, 4) is 5.88 Å². The monoisotopic (exact) mass is 266 g/mol. The minimum absolute atomic E-state index is 0.0224. The smallest absolute Gasteiger partial charge is 0.372 e. The molecule has 2 heterocycles. The average molecular weight is 266 g/mol. The summed E-state index contributed by atoms with van der Waals surface area (Å²) in [5.41, 5.74) is -0.347. The number of ether oxygens (including phenoxy) is 1. The highest BCUT2D eigenvalue weighted by atomic mass is 16.6. The fourth-order valence-electron chi connectivity index (χ4n) is 1.40. The summed E-state index contributed by atoms with van der Waals surface area (Å²) in [6.07, 6.45) is 1.16. The van der Waals surface area contributed by atoms with Crippen molar-refractivity contribution in [2.45, 2.75) is 13.0 Å². The van der Waals surface area contributed by atoms with Crippen LogP contribution in [0, 0.1) is 10.1 Å². The van der Waals surface area contributed by atoms with Gasteiger partial charge in [0.25, 0.3) is 5.88 Å². The summed E-state index contributed by atoms with van der Waals surface area (Å²) in [4.78, 5) is 17.9. The first-order valence-electron chi connectivity index (χ1n) is 5.16. The first-order valence-corrected chi connectivity index (χ1v) is 5.16. The number of H-pyrrole nitrogens is 1. The predicted molar refractivity (Wildman–Crippen MR) is 61.5 cm³/mol. The van der Waals surface area contributed by atoms with Crippen molar-refractivity contribution in [2.24, 2.45) is 0 Å². The van der Waals surface area contributed by atoms with Gasteiger partial charge in [-0.05, 0) is 6.92 Å². The molecule has 100 valence electrons. The Bertz CT molecular complexity index is 571. The van der Waals surface area contributed by atoms with E-state index in [0.717, 1.165) is 6.33 Å². The third-order valence-corrected chi connectivity index (χ3v) is 2.27. The van der Waals surface area contributed by atoms with Crippen molar-refractivity contribution in [1.29, 1.82) is 0 Å². The third kappa shape index (κ3) is 2.53. The fraction of sp³-hybridized carbons (Fsp3) is 0.375. The largest absolute Gasteiger partial charge is 0.476 e. The Morgan fingerprint density at radius 2 is 2.32 bits per heavy atom. The van der Waals surface area contributed by atoms with E-state index in [1.807, 2.05) is 0 Å². The number of nitrogens with one attached hydrogen (secondary N) is 2. The van der Waals surface area contributed by atoms with Crippen molar-refractivity contribution in [3.05, 3.63) is 22.3 Å². The van der Waals surface area contributed by atoms with Crippen LogP contribution in [0.3, 0.4) is 0 Å². The lowest BCUT2D eigenvalue weighted by molar-refractivity contribution is -0.385. The van der Waals surface area contributed by atoms with Gasteiger partial charge in [0.2, 0.25) is 5.82 Å². The molecule has 1 unspecified atom stereocenters. The lowest BCUT2D eigenvalue weighted by Crippen LogP contribution is -2.12. The van der Waals surface area contributed by atoms with Crippen LogP contribution in [0.2, 0.25) is 0 Å². The molecule has 2 N–H and O–H groups in total. The quantitative estimate of drug-likeness (QED) is 0.567. The average Bonchev–Trinajstić information content (AvgIpc) is 2.92. The SMILES string of the molecule is COc1ncnc(NC(C)c2nn[nH]n2)c1[N+](=O)[O-]. The number of nitro groups is 1. The molecule has 11 nitrogen and oxygen atoms in total. The standard InChI is InChI=1S/C8H10N8O3/c1-4(6-12-14-15-13-6)11-7-5(16(17)18)8(19-2)10-3-9-7/h3-4H,1-2H3,(H,9,10,11)(H,12,13,14,15). The number of anilines is 1. The van der Waals surface area contributed by atoms with E-state index in [-0.39, 0.29) is 17.4 Å². The van der Waals surface area contributed by atoms with Crippen LogP contribution >= 0.6 is 0 Å². The molecule has 0 saturated carbocycles. The minimum atomic E-state index is -0.621. The van der Waals surface area contributed by atoms with Gasteiger partial charge in [-0.2, -0.15) is 10.2 Å². The topological polar surface area (TPSA) is 145 Å². The van der Waals surface area contributed by atoms with E-state index in [9.17, 15) is 10.1 Å². The van der Waals surface area contributed by atoms with Crippen LogP contribution in [0.5, 0.6) is 5.88 Å². The first kappa shape index (κ1) is 12.6. The lowest BCUT2D eigenvalue weighted by Gasteiger charge is -2.11. The number of rotatable bonds is 5. The van der Waals surface area contributed by atoms with Gasteiger partial charge in [0, 0.05) is 0 Å². The second-order valence-corrected chi connectivity index (χ2v) is 3.47. The molecule has 2 rings (SSSR count). The minimum Gasteiger partial charge on any atom is -0.476 e. The molecular weight excluding hydrogens is 256 g/mol. The third-order valence-electron chi connectivity index (χ3n) is 2.27. The maximum Gasteiger partial charge on any atom is 0.372 e. The predicted octanol–water partition coefficient (Wildman–Crippen LogP) is 0.0796. The van der Waals surface area contributed by atoms with Crippen LogP contribution in [0.1, 0.15) is 18.8 Å². The Balaban J connectivity index is 2.32. The number of methoxy groups -OCH3 is 1. The van der Waals surface area contributed by atoms with E-state index in [1.165, 1.54) is 7.11 Å². The molecule has 2 aromatic heterocycles. The van der Waals surface area contributed by atoms with Crippen LogP contribution in [-0.4, -0.2) is 42.6 Å². The van der Waals surface area contributed by atoms with E-state index < -0.39 is 11.0 Å². The van der Waals surface area contributed by atoms with E-state index in [2.05, 4.69) is 35.9 Å². The highest BCUT2D eigenvalue weighted by Crippen LogP contribution is 2.31. The number of aromatic nitrogens is 6. The molecule has 0 saturated heterocycles. The maximum atomic E-state index is 11.0. The van der Waals surface area contributed by atoms with Gasteiger partial charge in [-0.25, -0.2) is 4.98 Å². The van der Waals surface area contributed by atoms with Gasteiger partial charge in [-0.1, -0.05) is 5.21 Å².